The molecule has 7 heteroatoms. The first-order valence-electron chi connectivity index (χ1n) is 15.3. The number of benzene rings is 3. The average molecular weight is 585 g/mol. The molecule has 0 saturated carbocycles. The molecular weight excluding hydrogens is 540 g/mol. The van der Waals surface area contributed by atoms with E-state index in [2.05, 4.69) is 65.9 Å². The van der Waals surface area contributed by atoms with Crippen LogP contribution in [-0.2, 0) is 15.6 Å². The van der Waals surface area contributed by atoms with E-state index in [1.807, 2.05) is 6.07 Å². The Bertz CT molecular complexity index is 1490. The van der Waals surface area contributed by atoms with Crippen LogP contribution in [0, 0.1) is 0 Å². The molecule has 3 amide bonds. The van der Waals surface area contributed by atoms with Crippen molar-refractivity contribution in [3.8, 4) is 11.5 Å². The number of phenolic OH excluding ortho intramolecular Hbond substituents is 1. The van der Waals surface area contributed by atoms with E-state index in [1.54, 1.807) is 30.3 Å². The molecule has 1 atom stereocenters. The maximum atomic E-state index is 13.6. The minimum absolute atomic E-state index is 0.0112. The van der Waals surface area contributed by atoms with Crippen LogP contribution in [0.25, 0.3) is 0 Å². The van der Waals surface area contributed by atoms with Gasteiger partial charge in [-0.05, 0) is 72.4 Å². The van der Waals surface area contributed by atoms with Crippen molar-refractivity contribution in [3.05, 3.63) is 82.9 Å². The van der Waals surface area contributed by atoms with Gasteiger partial charge in [0, 0.05) is 17.3 Å². The Morgan fingerprint density at radius 3 is 2.07 bits per heavy atom. The molecule has 3 aromatic rings. The summed E-state index contributed by atoms with van der Waals surface area (Å²) in [6.07, 6.45) is 3.38. The number of aromatic hydroxyl groups is 1. The molecule has 0 fully saturated rings. The van der Waals surface area contributed by atoms with E-state index in [0.717, 1.165) is 36.1 Å². The van der Waals surface area contributed by atoms with Gasteiger partial charge in [0.05, 0.1) is 16.8 Å². The van der Waals surface area contributed by atoms with Gasteiger partial charge in [-0.15, -0.1) is 0 Å². The molecular formula is C36H44N2O5. The summed E-state index contributed by atoms with van der Waals surface area (Å²) < 4.78 is 6.50. The third-order valence-electron chi connectivity index (χ3n) is 8.92. The smallest absolute Gasteiger partial charge is 0.266 e. The van der Waals surface area contributed by atoms with Crippen molar-refractivity contribution in [1.82, 2.24) is 0 Å². The molecule has 1 unspecified atom stereocenters. The lowest BCUT2D eigenvalue weighted by molar-refractivity contribution is -0.123. The summed E-state index contributed by atoms with van der Waals surface area (Å²) in [5, 5.41) is 13.7. The highest BCUT2D eigenvalue weighted by Gasteiger charge is 2.37. The van der Waals surface area contributed by atoms with Gasteiger partial charge in [-0.25, -0.2) is 4.90 Å². The number of phenols is 1. The molecule has 1 aliphatic heterocycles. The number of fused-ring (bicyclic) bond motifs is 1. The number of carbonyl (C=O) groups is 3. The highest BCUT2D eigenvalue weighted by molar-refractivity contribution is 6.34. The first kappa shape index (κ1) is 31.8. The molecule has 0 bridgehead atoms. The summed E-state index contributed by atoms with van der Waals surface area (Å²) in [4.78, 5) is 40.4. The molecule has 0 spiro atoms. The van der Waals surface area contributed by atoms with E-state index < -0.39 is 17.9 Å². The van der Waals surface area contributed by atoms with Crippen LogP contribution in [0.15, 0.2) is 60.7 Å². The summed E-state index contributed by atoms with van der Waals surface area (Å²) >= 11 is 0. The van der Waals surface area contributed by atoms with Gasteiger partial charge in [-0.3, -0.25) is 14.4 Å². The molecule has 1 aliphatic rings. The molecule has 0 aromatic heterocycles. The lowest BCUT2D eigenvalue weighted by atomic mass is 9.76. The highest BCUT2D eigenvalue weighted by atomic mass is 16.5. The Morgan fingerprint density at radius 1 is 0.884 bits per heavy atom. The Kier molecular flexibility index (Phi) is 9.33. The van der Waals surface area contributed by atoms with Gasteiger partial charge >= 0.3 is 0 Å². The van der Waals surface area contributed by atoms with E-state index in [4.69, 9.17) is 4.74 Å². The van der Waals surface area contributed by atoms with E-state index >= 15 is 0 Å². The third kappa shape index (κ3) is 6.46. The van der Waals surface area contributed by atoms with Crippen molar-refractivity contribution in [3.63, 3.8) is 0 Å². The molecule has 0 saturated heterocycles. The van der Waals surface area contributed by atoms with Crippen LogP contribution in [-0.4, -0.2) is 28.9 Å². The first-order chi connectivity index (χ1) is 20.3. The zero-order chi connectivity index (χ0) is 31.5. The summed E-state index contributed by atoms with van der Waals surface area (Å²) in [5.74, 6) is -0.929. The van der Waals surface area contributed by atoms with Crippen LogP contribution in [0.2, 0.25) is 0 Å². The normalized spacial score (nSPS) is 14.1. The molecule has 2 N–H and O–H groups in total. The summed E-state index contributed by atoms with van der Waals surface area (Å²) in [6, 6.07) is 17.3. The number of imide groups is 1. The highest BCUT2D eigenvalue weighted by Crippen LogP contribution is 2.40. The van der Waals surface area contributed by atoms with Crippen LogP contribution in [0.1, 0.15) is 112 Å². The maximum absolute atomic E-state index is 13.6. The van der Waals surface area contributed by atoms with Gasteiger partial charge in [0.1, 0.15) is 11.5 Å². The molecule has 228 valence electrons. The van der Waals surface area contributed by atoms with Crippen LogP contribution in [0.3, 0.4) is 0 Å². The van der Waals surface area contributed by atoms with Gasteiger partial charge in [0.2, 0.25) is 0 Å². The van der Waals surface area contributed by atoms with Crippen molar-refractivity contribution in [2.75, 3.05) is 10.2 Å². The zero-order valence-corrected chi connectivity index (χ0v) is 26.4. The lowest BCUT2D eigenvalue weighted by Crippen LogP contribution is -2.34. The van der Waals surface area contributed by atoms with Crippen molar-refractivity contribution in [1.29, 1.82) is 0 Å². The largest absolute Gasteiger partial charge is 0.506 e. The second-order valence-electron chi connectivity index (χ2n) is 12.6. The quantitative estimate of drug-likeness (QED) is 0.210. The van der Waals surface area contributed by atoms with E-state index in [0.29, 0.717) is 17.9 Å². The van der Waals surface area contributed by atoms with Crippen molar-refractivity contribution in [2.24, 2.45) is 0 Å². The molecule has 0 radical (unpaired) electrons. The summed E-state index contributed by atoms with van der Waals surface area (Å²) in [6.45, 7) is 15.3. The van der Waals surface area contributed by atoms with Crippen molar-refractivity contribution < 1.29 is 24.2 Å². The van der Waals surface area contributed by atoms with Crippen LogP contribution in [0.5, 0.6) is 11.5 Å². The fourth-order valence-electron chi connectivity index (χ4n) is 5.18. The van der Waals surface area contributed by atoms with Crippen LogP contribution >= 0.6 is 0 Å². The standard InChI is InChI=1S/C36H44N2O5/c1-8-11-16-31(43-30-20-17-23(35(4,5)9-2)21-27(30)36(6,7)10-3)32(40)37-24-18-19-28(29(39)22-24)38-33(41)25-14-12-13-15-26(25)34(38)42/h12-15,17-22,31,39H,8-11,16H2,1-7H3,(H,37,40). The van der Waals surface area contributed by atoms with E-state index in [9.17, 15) is 19.5 Å². The van der Waals surface area contributed by atoms with Gasteiger partial charge < -0.3 is 15.2 Å². The predicted molar refractivity (Wildman–Crippen MR) is 171 cm³/mol. The molecule has 1 heterocycles. The maximum Gasteiger partial charge on any atom is 0.266 e. The summed E-state index contributed by atoms with van der Waals surface area (Å²) in [7, 11) is 0. The molecule has 43 heavy (non-hydrogen) atoms. The number of hydrogen-bond acceptors (Lipinski definition) is 5. The monoisotopic (exact) mass is 584 g/mol. The lowest BCUT2D eigenvalue weighted by Gasteiger charge is -2.31. The average Bonchev–Trinajstić information content (AvgIpc) is 3.24. The number of nitrogens with zero attached hydrogens (tertiary/aromatic N) is 1. The molecule has 0 aliphatic carbocycles. The van der Waals surface area contributed by atoms with Crippen molar-refractivity contribution >= 4 is 29.1 Å². The van der Waals surface area contributed by atoms with Gasteiger partial charge in [-0.1, -0.05) is 79.2 Å². The minimum atomic E-state index is -0.755. The van der Waals surface area contributed by atoms with Crippen LogP contribution in [0.4, 0.5) is 11.4 Å². The molecule has 4 rings (SSSR count). The third-order valence-corrected chi connectivity index (χ3v) is 8.92. The minimum Gasteiger partial charge on any atom is -0.506 e. The first-order valence-corrected chi connectivity index (χ1v) is 15.3. The Morgan fingerprint density at radius 2 is 1.51 bits per heavy atom. The van der Waals surface area contributed by atoms with Crippen LogP contribution < -0.4 is 15.0 Å². The number of nitrogens with one attached hydrogen (secondary N) is 1. The number of ether oxygens (including phenoxy) is 1. The number of anilines is 2. The SMILES string of the molecule is CCCCC(Oc1ccc(C(C)(C)CC)cc1C(C)(C)CC)C(=O)Nc1ccc(N2C(=O)c3ccccc3C2=O)c(O)c1. The number of carbonyl (C=O) groups excluding carboxylic acids is 3. The van der Waals surface area contributed by atoms with Gasteiger partial charge in [0.25, 0.3) is 17.7 Å². The predicted octanol–water partition coefficient (Wildman–Crippen LogP) is 8.14. The second kappa shape index (κ2) is 12.6. The summed E-state index contributed by atoms with van der Waals surface area (Å²) in [5.41, 5.74) is 3.14. The van der Waals surface area contributed by atoms with Gasteiger partial charge in [0.15, 0.2) is 6.10 Å². The molecule has 7 nitrogen and oxygen atoms in total. The fraction of sp³-hybridized carbons (Fsp3) is 0.417. The Hall–Kier alpha value is -4.13. The number of hydrogen-bond donors (Lipinski definition) is 2. The topological polar surface area (TPSA) is 95.9 Å². The fourth-order valence-corrected chi connectivity index (χ4v) is 5.18. The van der Waals surface area contributed by atoms with E-state index in [1.165, 1.54) is 17.7 Å². The molecule has 3 aromatic carbocycles. The van der Waals surface area contributed by atoms with E-state index in [-0.39, 0.29) is 39.3 Å². The zero-order valence-electron chi connectivity index (χ0n) is 26.4. The Balaban J connectivity index is 1.59. The second-order valence-corrected chi connectivity index (χ2v) is 12.6. The van der Waals surface area contributed by atoms with Gasteiger partial charge in [-0.2, -0.15) is 0 Å². The Labute approximate surface area is 255 Å². The number of unbranched alkanes of at least 4 members (excludes halogenated alkanes) is 1. The number of amides is 3. The van der Waals surface area contributed by atoms with Crippen molar-refractivity contribution in [2.45, 2.75) is 97.5 Å². The number of rotatable bonds is 12.